The average molecular weight is 258 g/mol. The minimum atomic E-state index is 0.404. The number of pyridine rings is 1. The zero-order valence-electron chi connectivity index (χ0n) is 10.9. The highest BCUT2D eigenvalue weighted by atomic mass is 16.5. The molecule has 19 heavy (non-hydrogen) atoms. The first kappa shape index (κ1) is 12.3. The lowest BCUT2D eigenvalue weighted by atomic mass is 9.99. The fourth-order valence-corrected chi connectivity index (χ4v) is 2.39. The van der Waals surface area contributed by atoms with E-state index in [1.54, 1.807) is 0 Å². The van der Waals surface area contributed by atoms with Gasteiger partial charge in [0.15, 0.2) is 5.82 Å². The van der Waals surface area contributed by atoms with Crippen LogP contribution in [0.15, 0.2) is 28.9 Å². The smallest absolute Gasteiger partial charge is 0.227 e. The van der Waals surface area contributed by atoms with Crippen molar-refractivity contribution < 1.29 is 4.52 Å². The van der Waals surface area contributed by atoms with Gasteiger partial charge in [-0.05, 0) is 37.9 Å². The zero-order valence-corrected chi connectivity index (χ0v) is 10.9. The van der Waals surface area contributed by atoms with Crippen molar-refractivity contribution in [3.63, 3.8) is 0 Å². The van der Waals surface area contributed by atoms with Gasteiger partial charge in [0.25, 0.3) is 0 Å². The molecule has 0 amide bonds. The van der Waals surface area contributed by atoms with Crippen LogP contribution >= 0.6 is 0 Å². The Hall–Kier alpha value is -1.75. The third-order valence-corrected chi connectivity index (χ3v) is 3.47. The van der Waals surface area contributed by atoms with Gasteiger partial charge in [0.05, 0.1) is 0 Å². The average Bonchev–Trinajstić information content (AvgIpc) is 2.96. The minimum Gasteiger partial charge on any atom is -0.339 e. The maximum atomic E-state index is 5.32. The summed E-state index contributed by atoms with van der Waals surface area (Å²) in [5, 5.41) is 7.47. The molecule has 0 bridgehead atoms. The molecule has 3 heterocycles. The molecule has 5 nitrogen and oxygen atoms in total. The Morgan fingerprint density at radius 2 is 2.32 bits per heavy atom. The minimum absolute atomic E-state index is 0.404. The molecule has 1 unspecified atom stereocenters. The third-order valence-electron chi connectivity index (χ3n) is 3.47. The lowest BCUT2D eigenvalue weighted by Gasteiger charge is -2.19. The van der Waals surface area contributed by atoms with Crippen LogP contribution in [0.25, 0.3) is 0 Å². The second kappa shape index (κ2) is 5.93. The number of nitrogens with zero attached hydrogens (tertiary/aromatic N) is 3. The van der Waals surface area contributed by atoms with E-state index in [2.05, 4.69) is 20.4 Å². The maximum Gasteiger partial charge on any atom is 0.227 e. The van der Waals surface area contributed by atoms with Crippen molar-refractivity contribution in [2.24, 2.45) is 0 Å². The van der Waals surface area contributed by atoms with Gasteiger partial charge in [0.1, 0.15) is 0 Å². The summed E-state index contributed by atoms with van der Waals surface area (Å²) in [7, 11) is 0. The summed E-state index contributed by atoms with van der Waals surface area (Å²) < 4.78 is 5.32. The van der Waals surface area contributed by atoms with Crippen molar-refractivity contribution in [3.8, 4) is 0 Å². The molecule has 1 aliphatic heterocycles. The molecular weight excluding hydrogens is 240 g/mol. The third kappa shape index (κ3) is 3.17. The van der Waals surface area contributed by atoms with Crippen LogP contribution in [0.5, 0.6) is 0 Å². The molecule has 1 aliphatic rings. The highest BCUT2D eigenvalue weighted by molar-refractivity contribution is 5.05. The number of aryl methyl sites for hydroxylation is 2. The van der Waals surface area contributed by atoms with E-state index in [9.17, 15) is 0 Å². The fraction of sp³-hybridized carbons (Fsp3) is 0.500. The molecule has 5 heteroatoms. The van der Waals surface area contributed by atoms with Crippen LogP contribution in [0.4, 0.5) is 0 Å². The van der Waals surface area contributed by atoms with E-state index in [-0.39, 0.29) is 0 Å². The van der Waals surface area contributed by atoms with Crippen LogP contribution < -0.4 is 5.32 Å². The SMILES string of the molecule is c1ccc(CCc2nc(C3CCCNC3)no2)nc1. The van der Waals surface area contributed by atoms with Gasteiger partial charge >= 0.3 is 0 Å². The molecule has 1 N–H and O–H groups in total. The van der Waals surface area contributed by atoms with E-state index < -0.39 is 0 Å². The summed E-state index contributed by atoms with van der Waals surface area (Å²) in [6.07, 6.45) is 5.73. The van der Waals surface area contributed by atoms with Crippen molar-refractivity contribution in [1.82, 2.24) is 20.4 Å². The van der Waals surface area contributed by atoms with Crippen LogP contribution in [-0.2, 0) is 12.8 Å². The first-order valence-electron chi connectivity index (χ1n) is 6.85. The Kier molecular flexibility index (Phi) is 3.83. The molecular formula is C14H18N4O. The van der Waals surface area contributed by atoms with Gasteiger partial charge in [0, 0.05) is 30.8 Å². The van der Waals surface area contributed by atoms with Crippen LogP contribution in [0.3, 0.4) is 0 Å². The van der Waals surface area contributed by atoms with E-state index in [4.69, 9.17) is 4.52 Å². The Morgan fingerprint density at radius 3 is 3.11 bits per heavy atom. The largest absolute Gasteiger partial charge is 0.339 e. The summed E-state index contributed by atoms with van der Waals surface area (Å²) in [6, 6.07) is 5.93. The van der Waals surface area contributed by atoms with Gasteiger partial charge in [-0.1, -0.05) is 11.2 Å². The van der Waals surface area contributed by atoms with Gasteiger partial charge < -0.3 is 9.84 Å². The van der Waals surface area contributed by atoms with E-state index in [1.165, 1.54) is 6.42 Å². The molecule has 0 aromatic carbocycles. The predicted molar refractivity (Wildman–Crippen MR) is 70.8 cm³/mol. The molecule has 0 radical (unpaired) electrons. The number of nitrogens with one attached hydrogen (secondary N) is 1. The standard InChI is InChI=1S/C14H18N4O/c1-2-9-16-12(5-1)6-7-13-17-14(18-19-13)11-4-3-8-15-10-11/h1-2,5,9,11,15H,3-4,6-8,10H2. The summed E-state index contributed by atoms with van der Waals surface area (Å²) >= 11 is 0. The van der Waals surface area contributed by atoms with E-state index in [0.29, 0.717) is 11.8 Å². The molecule has 0 aliphatic carbocycles. The van der Waals surface area contributed by atoms with Crippen molar-refractivity contribution in [2.75, 3.05) is 13.1 Å². The van der Waals surface area contributed by atoms with Crippen molar-refractivity contribution in [1.29, 1.82) is 0 Å². The highest BCUT2D eigenvalue weighted by Crippen LogP contribution is 2.20. The number of hydrogen-bond acceptors (Lipinski definition) is 5. The lowest BCUT2D eigenvalue weighted by molar-refractivity contribution is 0.361. The molecule has 1 saturated heterocycles. The Morgan fingerprint density at radius 1 is 1.32 bits per heavy atom. The number of aromatic nitrogens is 3. The molecule has 2 aromatic heterocycles. The molecule has 3 rings (SSSR count). The molecule has 1 atom stereocenters. The van der Waals surface area contributed by atoms with E-state index >= 15 is 0 Å². The fourth-order valence-electron chi connectivity index (χ4n) is 2.39. The maximum absolute atomic E-state index is 5.32. The first-order chi connectivity index (χ1) is 9.42. The summed E-state index contributed by atoms with van der Waals surface area (Å²) in [5.41, 5.74) is 1.06. The summed E-state index contributed by atoms with van der Waals surface area (Å²) in [5.74, 6) is 1.97. The quantitative estimate of drug-likeness (QED) is 0.904. The van der Waals surface area contributed by atoms with Gasteiger partial charge in [-0.25, -0.2) is 0 Å². The molecule has 100 valence electrons. The van der Waals surface area contributed by atoms with Crippen LogP contribution in [0.2, 0.25) is 0 Å². The number of rotatable bonds is 4. The Bertz CT molecular complexity index is 505. The van der Waals surface area contributed by atoms with Gasteiger partial charge in [-0.15, -0.1) is 0 Å². The van der Waals surface area contributed by atoms with Gasteiger partial charge in [0.2, 0.25) is 5.89 Å². The lowest BCUT2D eigenvalue weighted by Crippen LogP contribution is -2.28. The zero-order chi connectivity index (χ0) is 12.9. The monoisotopic (exact) mass is 258 g/mol. The Labute approximate surface area is 112 Å². The van der Waals surface area contributed by atoms with Crippen LogP contribution in [-0.4, -0.2) is 28.2 Å². The number of piperidine rings is 1. The van der Waals surface area contributed by atoms with Crippen molar-refractivity contribution in [2.45, 2.75) is 31.6 Å². The van der Waals surface area contributed by atoms with Crippen LogP contribution in [0, 0.1) is 0 Å². The van der Waals surface area contributed by atoms with Gasteiger partial charge in [-0.3, -0.25) is 4.98 Å². The molecule has 1 fully saturated rings. The second-order valence-electron chi connectivity index (χ2n) is 4.91. The molecule has 0 spiro atoms. The van der Waals surface area contributed by atoms with Crippen LogP contribution in [0.1, 0.15) is 36.2 Å². The predicted octanol–water partition coefficient (Wildman–Crippen LogP) is 1.72. The highest BCUT2D eigenvalue weighted by Gasteiger charge is 2.20. The first-order valence-corrected chi connectivity index (χ1v) is 6.85. The van der Waals surface area contributed by atoms with E-state index in [1.807, 2.05) is 24.4 Å². The topological polar surface area (TPSA) is 63.8 Å². The van der Waals surface area contributed by atoms with Gasteiger partial charge in [-0.2, -0.15) is 4.98 Å². The summed E-state index contributed by atoms with van der Waals surface area (Å²) in [4.78, 5) is 8.79. The van der Waals surface area contributed by atoms with Crippen molar-refractivity contribution >= 4 is 0 Å². The second-order valence-corrected chi connectivity index (χ2v) is 4.91. The summed E-state index contributed by atoms with van der Waals surface area (Å²) in [6.45, 7) is 2.06. The molecule has 0 saturated carbocycles. The van der Waals surface area contributed by atoms with Crippen molar-refractivity contribution in [3.05, 3.63) is 41.8 Å². The molecule has 2 aromatic rings. The Balaban J connectivity index is 1.58. The normalized spacial score (nSPS) is 19.5. The van der Waals surface area contributed by atoms with E-state index in [0.717, 1.165) is 43.9 Å². The number of hydrogen-bond donors (Lipinski definition) is 1.